The number of halogens is 1. The SMILES string of the molecule is CCCC1CCC(NCC)C(OCc2ccccc2F)C1. The summed E-state index contributed by atoms with van der Waals surface area (Å²) < 4.78 is 19.8. The molecule has 0 aliphatic heterocycles. The van der Waals surface area contributed by atoms with Crippen LogP contribution in [-0.2, 0) is 11.3 Å². The fourth-order valence-electron chi connectivity index (χ4n) is 3.37. The molecular weight excluding hydrogens is 265 g/mol. The zero-order chi connectivity index (χ0) is 15.1. The summed E-state index contributed by atoms with van der Waals surface area (Å²) in [5.41, 5.74) is 0.658. The zero-order valence-corrected chi connectivity index (χ0v) is 13.3. The minimum Gasteiger partial charge on any atom is -0.372 e. The number of benzene rings is 1. The number of rotatable bonds is 7. The van der Waals surface area contributed by atoms with Gasteiger partial charge in [0.15, 0.2) is 0 Å². The van der Waals surface area contributed by atoms with Gasteiger partial charge in [0.2, 0.25) is 0 Å². The molecule has 1 aliphatic carbocycles. The number of ether oxygens (including phenoxy) is 1. The van der Waals surface area contributed by atoms with Gasteiger partial charge in [0.05, 0.1) is 12.7 Å². The van der Waals surface area contributed by atoms with Gasteiger partial charge in [-0.15, -0.1) is 0 Å². The van der Waals surface area contributed by atoms with Crippen LogP contribution in [0.4, 0.5) is 4.39 Å². The molecule has 1 N–H and O–H groups in total. The quantitative estimate of drug-likeness (QED) is 0.809. The number of hydrogen-bond acceptors (Lipinski definition) is 2. The highest BCUT2D eigenvalue weighted by Gasteiger charge is 2.30. The van der Waals surface area contributed by atoms with Gasteiger partial charge < -0.3 is 10.1 Å². The van der Waals surface area contributed by atoms with Crippen molar-refractivity contribution < 1.29 is 9.13 Å². The van der Waals surface area contributed by atoms with Crippen molar-refractivity contribution in [2.24, 2.45) is 5.92 Å². The lowest BCUT2D eigenvalue weighted by Gasteiger charge is -2.36. The summed E-state index contributed by atoms with van der Waals surface area (Å²) in [7, 11) is 0. The van der Waals surface area contributed by atoms with Crippen LogP contribution >= 0.6 is 0 Å². The molecule has 2 rings (SSSR count). The number of likely N-dealkylation sites (N-methyl/N-ethyl adjacent to an activating group) is 1. The minimum absolute atomic E-state index is 0.168. The van der Waals surface area contributed by atoms with Crippen LogP contribution in [0.25, 0.3) is 0 Å². The van der Waals surface area contributed by atoms with Crippen molar-refractivity contribution in [3.63, 3.8) is 0 Å². The molecule has 3 heteroatoms. The van der Waals surface area contributed by atoms with E-state index in [2.05, 4.69) is 19.2 Å². The molecule has 0 radical (unpaired) electrons. The third-order valence-electron chi connectivity index (χ3n) is 4.47. The second kappa shape index (κ2) is 8.50. The van der Waals surface area contributed by atoms with Crippen molar-refractivity contribution in [1.82, 2.24) is 5.32 Å². The number of hydrogen-bond donors (Lipinski definition) is 1. The molecule has 0 aromatic heterocycles. The van der Waals surface area contributed by atoms with Gasteiger partial charge in [0.1, 0.15) is 5.82 Å². The maximum atomic E-state index is 13.7. The van der Waals surface area contributed by atoms with Crippen molar-refractivity contribution in [2.45, 2.75) is 64.7 Å². The summed E-state index contributed by atoms with van der Waals surface area (Å²) in [4.78, 5) is 0. The lowest BCUT2D eigenvalue weighted by Crippen LogP contribution is -2.45. The molecule has 1 fully saturated rings. The number of nitrogens with one attached hydrogen (secondary N) is 1. The summed E-state index contributed by atoms with van der Waals surface area (Å²) in [6.45, 7) is 5.71. The largest absolute Gasteiger partial charge is 0.372 e. The highest BCUT2D eigenvalue weighted by atomic mass is 19.1. The van der Waals surface area contributed by atoms with Gasteiger partial charge in [-0.2, -0.15) is 0 Å². The Morgan fingerprint density at radius 1 is 1.24 bits per heavy atom. The molecule has 0 bridgehead atoms. The average molecular weight is 293 g/mol. The highest BCUT2D eigenvalue weighted by Crippen LogP contribution is 2.30. The van der Waals surface area contributed by atoms with E-state index >= 15 is 0 Å². The predicted molar refractivity (Wildman–Crippen MR) is 84.7 cm³/mol. The van der Waals surface area contributed by atoms with Crippen LogP contribution in [0.3, 0.4) is 0 Å². The van der Waals surface area contributed by atoms with Crippen LogP contribution < -0.4 is 5.32 Å². The first kappa shape index (κ1) is 16.4. The maximum Gasteiger partial charge on any atom is 0.128 e. The molecule has 0 heterocycles. The Morgan fingerprint density at radius 3 is 2.76 bits per heavy atom. The van der Waals surface area contributed by atoms with Gasteiger partial charge in [0.25, 0.3) is 0 Å². The Hall–Kier alpha value is -0.930. The van der Waals surface area contributed by atoms with Gasteiger partial charge >= 0.3 is 0 Å². The van der Waals surface area contributed by atoms with Crippen molar-refractivity contribution in [2.75, 3.05) is 6.54 Å². The fraction of sp³-hybridized carbons (Fsp3) is 0.667. The third-order valence-corrected chi connectivity index (χ3v) is 4.47. The van der Waals surface area contributed by atoms with Crippen LogP contribution in [0.5, 0.6) is 0 Å². The van der Waals surface area contributed by atoms with E-state index in [1.807, 2.05) is 12.1 Å². The highest BCUT2D eigenvalue weighted by molar-refractivity contribution is 5.16. The van der Waals surface area contributed by atoms with Gasteiger partial charge in [-0.05, 0) is 37.8 Å². The van der Waals surface area contributed by atoms with E-state index in [4.69, 9.17) is 4.74 Å². The van der Waals surface area contributed by atoms with Crippen LogP contribution in [0.2, 0.25) is 0 Å². The topological polar surface area (TPSA) is 21.3 Å². The van der Waals surface area contributed by atoms with Crippen LogP contribution in [0.1, 0.15) is 51.5 Å². The normalized spacial score (nSPS) is 26.0. The smallest absolute Gasteiger partial charge is 0.128 e. The predicted octanol–water partition coefficient (Wildman–Crippen LogP) is 4.29. The van der Waals surface area contributed by atoms with Crippen molar-refractivity contribution in [3.8, 4) is 0 Å². The molecule has 118 valence electrons. The van der Waals surface area contributed by atoms with Crippen molar-refractivity contribution in [1.29, 1.82) is 0 Å². The van der Waals surface area contributed by atoms with Crippen LogP contribution in [-0.4, -0.2) is 18.7 Å². The van der Waals surface area contributed by atoms with Gasteiger partial charge in [-0.25, -0.2) is 4.39 Å². The Morgan fingerprint density at radius 2 is 2.05 bits per heavy atom. The first-order chi connectivity index (χ1) is 10.2. The molecule has 3 unspecified atom stereocenters. The van der Waals surface area contributed by atoms with E-state index in [-0.39, 0.29) is 11.9 Å². The lowest BCUT2D eigenvalue weighted by molar-refractivity contribution is -0.0215. The van der Waals surface area contributed by atoms with E-state index in [1.54, 1.807) is 6.07 Å². The second-order valence-corrected chi connectivity index (χ2v) is 6.07. The summed E-state index contributed by atoms with van der Waals surface area (Å²) >= 11 is 0. The summed E-state index contributed by atoms with van der Waals surface area (Å²) in [5, 5.41) is 3.53. The van der Waals surface area contributed by atoms with E-state index in [9.17, 15) is 4.39 Å². The zero-order valence-electron chi connectivity index (χ0n) is 13.3. The molecule has 0 amide bonds. The molecule has 0 spiro atoms. The Balaban J connectivity index is 1.94. The van der Waals surface area contributed by atoms with Crippen LogP contribution in [0.15, 0.2) is 24.3 Å². The molecule has 1 aliphatic rings. The molecule has 2 nitrogen and oxygen atoms in total. The summed E-state index contributed by atoms with van der Waals surface area (Å²) in [5.74, 6) is 0.592. The van der Waals surface area contributed by atoms with E-state index in [0.717, 1.165) is 18.9 Å². The second-order valence-electron chi connectivity index (χ2n) is 6.07. The molecule has 1 aromatic rings. The third kappa shape index (κ3) is 4.79. The monoisotopic (exact) mass is 293 g/mol. The Kier molecular flexibility index (Phi) is 6.65. The summed E-state index contributed by atoms with van der Waals surface area (Å²) in [6.07, 6.45) is 6.26. The maximum absolute atomic E-state index is 13.7. The van der Waals surface area contributed by atoms with Gasteiger partial charge in [0, 0.05) is 11.6 Å². The van der Waals surface area contributed by atoms with Crippen molar-refractivity contribution >= 4 is 0 Å². The molecule has 1 aromatic carbocycles. The fourth-order valence-corrected chi connectivity index (χ4v) is 3.37. The first-order valence-corrected chi connectivity index (χ1v) is 8.33. The Labute approximate surface area is 128 Å². The van der Waals surface area contributed by atoms with Gasteiger partial charge in [-0.1, -0.05) is 44.9 Å². The molecule has 3 atom stereocenters. The van der Waals surface area contributed by atoms with E-state index in [1.165, 1.54) is 31.7 Å². The van der Waals surface area contributed by atoms with E-state index in [0.29, 0.717) is 18.2 Å². The average Bonchev–Trinajstić information content (AvgIpc) is 2.49. The standard InChI is InChI=1S/C18H28FNO/c1-3-7-14-10-11-17(20-4-2)18(12-14)21-13-15-8-5-6-9-16(15)19/h5-6,8-9,14,17-18,20H,3-4,7,10-13H2,1-2H3. The molecular formula is C18H28FNO. The first-order valence-electron chi connectivity index (χ1n) is 8.33. The molecule has 21 heavy (non-hydrogen) atoms. The molecule has 1 saturated carbocycles. The Bertz CT molecular complexity index is 423. The minimum atomic E-state index is -0.168. The van der Waals surface area contributed by atoms with Crippen molar-refractivity contribution in [3.05, 3.63) is 35.6 Å². The van der Waals surface area contributed by atoms with E-state index < -0.39 is 0 Å². The summed E-state index contributed by atoms with van der Waals surface area (Å²) in [6, 6.07) is 7.31. The molecule has 0 saturated heterocycles. The lowest BCUT2D eigenvalue weighted by atomic mass is 9.81. The van der Waals surface area contributed by atoms with Crippen LogP contribution in [0, 0.1) is 11.7 Å². The van der Waals surface area contributed by atoms with Gasteiger partial charge in [-0.3, -0.25) is 0 Å².